The molecule has 5 nitrogen and oxygen atoms in total. The van der Waals surface area contributed by atoms with Gasteiger partial charge in [-0.15, -0.1) is 0 Å². The first kappa shape index (κ1) is 17.2. The lowest BCUT2D eigenvalue weighted by Gasteiger charge is -2.26. The van der Waals surface area contributed by atoms with E-state index < -0.39 is 4.92 Å². The topological polar surface area (TPSA) is 63.5 Å². The molecule has 27 heavy (non-hydrogen) atoms. The van der Waals surface area contributed by atoms with Crippen LogP contribution in [0, 0.1) is 10.1 Å². The average molecular weight is 379 g/mol. The van der Waals surface area contributed by atoms with Gasteiger partial charge in [0.2, 0.25) is 0 Å². The van der Waals surface area contributed by atoms with Gasteiger partial charge in [0, 0.05) is 29.3 Å². The fourth-order valence-corrected chi connectivity index (χ4v) is 3.58. The maximum Gasteiger partial charge on any atom is 0.269 e. The number of carbonyl (C=O) groups is 1. The predicted molar refractivity (Wildman–Crippen MR) is 103 cm³/mol. The summed E-state index contributed by atoms with van der Waals surface area (Å²) in [5.41, 5.74) is 3.47. The number of nitro groups is 1. The SMILES string of the molecule is O=C1c2ccccc2C(c2ccc(Cl)cc2)N1Cc1ccc([N+](=O)[O-])cc1. The highest BCUT2D eigenvalue weighted by Gasteiger charge is 2.37. The molecule has 0 aromatic heterocycles. The van der Waals surface area contributed by atoms with Crippen LogP contribution in [0.2, 0.25) is 5.02 Å². The minimum Gasteiger partial charge on any atom is -0.323 e. The van der Waals surface area contributed by atoms with E-state index in [2.05, 4.69) is 0 Å². The predicted octanol–water partition coefficient (Wildman–Crippen LogP) is 4.99. The van der Waals surface area contributed by atoms with Crippen LogP contribution in [0.15, 0.2) is 72.8 Å². The van der Waals surface area contributed by atoms with E-state index in [-0.39, 0.29) is 17.6 Å². The summed E-state index contributed by atoms with van der Waals surface area (Å²) in [6.45, 7) is 0.360. The smallest absolute Gasteiger partial charge is 0.269 e. The van der Waals surface area contributed by atoms with E-state index in [0.29, 0.717) is 17.1 Å². The van der Waals surface area contributed by atoms with Crippen LogP contribution in [0.1, 0.15) is 33.1 Å². The van der Waals surface area contributed by atoms with E-state index >= 15 is 0 Å². The molecule has 0 saturated heterocycles. The van der Waals surface area contributed by atoms with Crippen LogP contribution in [0.5, 0.6) is 0 Å². The Morgan fingerprint density at radius 1 is 0.963 bits per heavy atom. The number of halogens is 1. The van der Waals surface area contributed by atoms with Crippen molar-refractivity contribution in [1.29, 1.82) is 0 Å². The van der Waals surface area contributed by atoms with Gasteiger partial charge in [0.25, 0.3) is 11.6 Å². The summed E-state index contributed by atoms with van der Waals surface area (Å²) in [6, 6.07) is 21.1. The maximum atomic E-state index is 13.0. The molecule has 1 aliphatic rings. The van der Waals surface area contributed by atoms with E-state index in [1.807, 2.05) is 48.5 Å². The van der Waals surface area contributed by atoms with Gasteiger partial charge < -0.3 is 4.90 Å². The van der Waals surface area contributed by atoms with Gasteiger partial charge in [-0.25, -0.2) is 0 Å². The number of fused-ring (bicyclic) bond motifs is 1. The molecule has 0 bridgehead atoms. The molecule has 1 unspecified atom stereocenters. The van der Waals surface area contributed by atoms with Crippen LogP contribution in [0.25, 0.3) is 0 Å². The van der Waals surface area contributed by atoms with Gasteiger partial charge in [-0.05, 0) is 34.9 Å². The lowest BCUT2D eigenvalue weighted by Crippen LogP contribution is -2.28. The summed E-state index contributed by atoms with van der Waals surface area (Å²) in [5, 5.41) is 11.5. The Bertz CT molecular complexity index is 1020. The summed E-state index contributed by atoms with van der Waals surface area (Å²) in [6.07, 6.45) is 0. The Labute approximate surface area is 161 Å². The van der Waals surface area contributed by atoms with Crippen molar-refractivity contribution in [2.75, 3.05) is 0 Å². The van der Waals surface area contributed by atoms with Crippen molar-refractivity contribution in [3.8, 4) is 0 Å². The van der Waals surface area contributed by atoms with Gasteiger partial charge in [0.1, 0.15) is 0 Å². The number of carbonyl (C=O) groups excluding carboxylic acids is 1. The molecule has 3 aromatic carbocycles. The van der Waals surface area contributed by atoms with Crippen LogP contribution in [0.4, 0.5) is 5.69 Å². The van der Waals surface area contributed by atoms with E-state index in [1.54, 1.807) is 17.0 Å². The summed E-state index contributed by atoms with van der Waals surface area (Å²) in [4.78, 5) is 25.2. The molecule has 0 fully saturated rings. The first-order chi connectivity index (χ1) is 13.0. The number of nitrogens with zero attached hydrogens (tertiary/aromatic N) is 2. The van der Waals surface area contributed by atoms with Gasteiger partial charge in [0.15, 0.2) is 0 Å². The Balaban J connectivity index is 1.72. The molecule has 4 rings (SSSR count). The van der Waals surface area contributed by atoms with Crippen molar-refractivity contribution in [3.63, 3.8) is 0 Å². The quantitative estimate of drug-likeness (QED) is 0.474. The minimum atomic E-state index is -0.433. The normalized spacial score (nSPS) is 15.7. The lowest BCUT2D eigenvalue weighted by molar-refractivity contribution is -0.384. The van der Waals surface area contributed by atoms with Crippen molar-refractivity contribution >= 4 is 23.2 Å². The van der Waals surface area contributed by atoms with E-state index in [0.717, 1.165) is 16.7 Å². The molecule has 0 spiro atoms. The minimum absolute atomic E-state index is 0.0315. The van der Waals surface area contributed by atoms with Crippen LogP contribution < -0.4 is 0 Å². The van der Waals surface area contributed by atoms with Crippen molar-refractivity contribution in [1.82, 2.24) is 4.90 Å². The van der Waals surface area contributed by atoms with Crippen molar-refractivity contribution in [2.45, 2.75) is 12.6 Å². The molecule has 6 heteroatoms. The Hall–Kier alpha value is -3.18. The number of non-ortho nitro benzene ring substituents is 1. The van der Waals surface area contributed by atoms with Gasteiger partial charge >= 0.3 is 0 Å². The van der Waals surface area contributed by atoms with Crippen molar-refractivity contribution in [3.05, 3.63) is 110 Å². The zero-order valence-electron chi connectivity index (χ0n) is 14.2. The number of amides is 1. The second-order valence-electron chi connectivity index (χ2n) is 6.40. The molecule has 1 aliphatic heterocycles. The second kappa shape index (κ2) is 6.85. The molecular weight excluding hydrogens is 364 g/mol. The summed E-state index contributed by atoms with van der Waals surface area (Å²) >= 11 is 6.02. The van der Waals surface area contributed by atoms with Gasteiger partial charge in [-0.3, -0.25) is 14.9 Å². The number of nitro benzene ring substituents is 1. The largest absolute Gasteiger partial charge is 0.323 e. The number of benzene rings is 3. The van der Waals surface area contributed by atoms with Gasteiger partial charge in [-0.1, -0.05) is 54.1 Å². The Morgan fingerprint density at radius 2 is 1.63 bits per heavy atom. The zero-order chi connectivity index (χ0) is 19.0. The number of hydrogen-bond donors (Lipinski definition) is 0. The van der Waals surface area contributed by atoms with E-state index in [9.17, 15) is 14.9 Å². The summed E-state index contributed by atoms with van der Waals surface area (Å²) in [5.74, 6) is -0.0519. The highest BCUT2D eigenvalue weighted by Crippen LogP contribution is 2.39. The fourth-order valence-electron chi connectivity index (χ4n) is 3.46. The highest BCUT2D eigenvalue weighted by atomic mass is 35.5. The summed E-state index contributed by atoms with van der Waals surface area (Å²) < 4.78 is 0. The highest BCUT2D eigenvalue weighted by molar-refractivity contribution is 6.30. The first-order valence-corrected chi connectivity index (χ1v) is 8.81. The van der Waals surface area contributed by atoms with Crippen LogP contribution in [0.3, 0.4) is 0 Å². The zero-order valence-corrected chi connectivity index (χ0v) is 15.0. The number of hydrogen-bond acceptors (Lipinski definition) is 3. The maximum absolute atomic E-state index is 13.0. The Morgan fingerprint density at radius 3 is 2.30 bits per heavy atom. The molecule has 3 aromatic rings. The molecule has 1 atom stereocenters. The third kappa shape index (κ3) is 3.17. The van der Waals surface area contributed by atoms with E-state index in [4.69, 9.17) is 11.6 Å². The summed E-state index contributed by atoms with van der Waals surface area (Å²) in [7, 11) is 0. The molecule has 1 heterocycles. The monoisotopic (exact) mass is 378 g/mol. The van der Waals surface area contributed by atoms with Crippen molar-refractivity contribution in [2.24, 2.45) is 0 Å². The molecule has 1 amide bonds. The van der Waals surface area contributed by atoms with Crippen molar-refractivity contribution < 1.29 is 9.72 Å². The molecule has 0 N–H and O–H groups in total. The van der Waals surface area contributed by atoms with Crippen LogP contribution in [-0.4, -0.2) is 15.7 Å². The van der Waals surface area contributed by atoms with Crippen LogP contribution >= 0.6 is 11.6 Å². The fraction of sp³-hybridized carbons (Fsp3) is 0.0952. The molecule has 0 aliphatic carbocycles. The molecule has 134 valence electrons. The molecular formula is C21H15ClN2O3. The standard InChI is InChI=1S/C21H15ClN2O3/c22-16-9-7-15(8-10-16)20-18-3-1-2-4-19(18)21(25)23(20)13-14-5-11-17(12-6-14)24(26)27/h1-12,20H,13H2. The Kier molecular flexibility index (Phi) is 4.38. The third-order valence-corrected chi connectivity index (χ3v) is 5.00. The molecule has 0 radical (unpaired) electrons. The van der Waals surface area contributed by atoms with Crippen LogP contribution in [-0.2, 0) is 6.54 Å². The van der Waals surface area contributed by atoms with Gasteiger partial charge in [-0.2, -0.15) is 0 Å². The van der Waals surface area contributed by atoms with E-state index in [1.165, 1.54) is 12.1 Å². The average Bonchev–Trinajstić information content (AvgIpc) is 2.95. The second-order valence-corrected chi connectivity index (χ2v) is 6.83. The first-order valence-electron chi connectivity index (χ1n) is 8.43. The third-order valence-electron chi connectivity index (χ3n) is 4.74. The number of rotatable bonds is 4. The lowest BCUT2D eigenvalue weighted by atomic mass is 9.98. The molecule has 0 saturated carbocycles. The van der Waals surface area contributed by atoms with Gasteiger partial charge in [0.05, 0.1) is 11.0 Å².